The summed E-state index contributed by atoms with van der Waals surface area (Å²) in [6.07, 6.45) is 0. The molecule has 0 fully saturated rings. The molecule has 0 aromatic heterocycles. The van der Waals surface area contributed by atoms with Crippen molar-refractivity contribution < 1.29 is 28.8 Å². The van der Waals surface area contributed by atoms with Gasteiger partial charge in [-0.3, -0.25) is 0 Å². The number of aryl methyl sites for hydroxylation is 9. The van der Waals surface area contributed by atoms with Crippen LogP contribution >= 0.6 is 0 Å². The molecule has 0 atom stereocenters. The second-order valence-electron chi connectivity index (χ2n) is 16.6. The summed E-state index contributed by atoms with van der Waals surface area (Å²) in [4.78, 5) is 83.3. The van der Waals surface area contributed by atoms with Crippen molar-refractivity contribution >= 4 is 61.0 Å². The molecule has 0 spiro atoms. The van der Waals surface area contributed by atoms with Gasteiger partial charge in [-0.1, -0.05) is 0 Å². The van der Waals surface area contributed by atoms with E-state index in [2.05, 4.69) is 0 Å². The monoisotopic (exact) mass is 934 g/mol. The Hall–Kier alpha value is -5.57. The van der Waals surface area contributed by atoms with E-state index in [1.807, 2.05) is 98.7 Å². The van der Waals surface area contributed by atoms with Crippen molar-refractivity contribution in [1.29, 1.82) is 0 Å². The molecule has 6 rings (SSSR count). The van der Waals surface area contributed by atoms with Gasteiger partial charge in [0.25, 0.3) is 0 Å². The number of carbonyl (C=O) groups excluding carboxylic acids is 6. The second-order valence-corrected chi connectivity index (χ2v) is 27.4. The third-order valence-corrected chi connectivity index (χ3v) is 21.7. The van der Waals surface area contributed by atoms with Crippen LogP contribution in [0.15, 0.2) is 127 Å². The van der Waals surface area contributed by atoms with Gasteiger partial charge in [0.15, 0.2) is 0 Å². The topological polar surface area (TPSA) is 102 Å². The molecule has 6 aromatic rings. The molecule has 0 saturated carbocycles. The molecule has 0 heterocycles. The number of rotatable bonds is 12. The zero-order chi connectivity index (χ0) is 45.0. The van der Waals surface area contributed by atoms with Gasteiger partial charge >= 0.3 is 373 Å². The molecule has 6 aromatic carbocycles. The van der Waals surface area contributed by atoms with Gasteiger partial charge in [-0.25, -0.2) is 0 Å². The van der Waals surface area contributed by atoms with Crippen LogP contribution in [0.3, 0.4) is 0 Å². The van der Waals surface area contributed by atoms with Gasteiger partial charge in [-0.2, -0.15) is 0 Å². The molecule has 0 saturated heterocycles. The number of ketones is 3. The summed E-state index contributed by atoms with van der Waals surface area (Å²) in [5, 5.41) is 0. The van der Waals surface area contributed by atoms with Crippen molar-refractivity contribution in [3.8, 4) is 0 Å². The third kappa shape index (κ3) is 9.36. The Balaban J connectivity index is 0.000000241. The molecule has 0 radical (unpaired) electrons. The average Bonchev–Trinajstić information content (AvgIpc) is 3.22. The van der Waals surface area contributed by atoms with E-state index in [1.54, 1.807) is 96.8 Å². The number of benzene rings is 6. The Labute approximate surface area is 370 Å². The van der Waals surface area contributed by atoms with Crippen molar-refractivity contribution in [3.05, 3.63) is 211 Å². The zero-order valence-electron chi connectivity index (χ0n) is 37.1. The van der Waals surface area contributed by atoms with Crippen LogP contribution in [0.1, 0.15) is 112 Å². The Morgan fingerprint density at radius 3 is 0.770 bits per heavy atom. The van der Waals surface area contributed by atoms with E-state index >= 15 is 0 Å². The molecule has 6 nitrogen and oxygen atoms in total. The molecule has 0 bridgehead atoms. The maximum absolute atomic E-state index is 14.5. The maximum atomic E-state index is 14.5. The number of hydrogen-bond donors (Lipinski definition) is 0. The van der Waals surface area contributed by atoms with Crippen LogP contribution in [0.2, 0.25) is 10.0 Å². The Morgan fingerprint density at radius 2 is 0.574 bits per heavy atom. The first-order chi connectivity index (χ1) is 28.7. The minimum absolute atomic E-state index is 0.256. The van der Waals surface area contributed by atoms with E-state index in [0.29, 0.717) is 33.4 Å². The van der Waals surface area contributed by atoms with Gasteiger partial charge in [-0.15, -0.1) is 0 Å². The van der Waals surface area contributed by atoms with Crippen LogP contribution in [-0.4, -0.2) is 61.0 Å². The van der Waals surface area contributed by atoms with Gasteiger partial charge in [0.2, 0.25) is 0 Å². The van der Waals surface area contributed by atoms with E-state index in [9.17, 15) is 28.8 Å². The number of Topliss-reactive ketones (excluding diaryl/α,β-unsaturated/α-hetero) is 3. The fraction of sp³-hybridized carbons (Fsp3) is 0.208. The van der Waals surface area contributed by atoms with E-state index in [1.165, 1.54) is 0 Å². The normalized spacial score (nSPS) is 11.3. The molecule has 8 heteroatoms. The van der Waals surface area contributed by atoms with Crippen LogP contribution in [0.5, 0.6) is 0 Å². The standard InChI is InChI=1S/C31H36GeO3.C22H18GeO3/c1-17-11-20(4)26(21(5)12-17)29(33)32(10,30(34)27-22(6)13-18(2)14-23(27)7)31(35)28-24(8)15-19(3)16-25(28)9;23-22(19(24)16-10-4-1-5-11-16,20(25)17-12-6-2-7-13-17)21(26)18-14-8-3-9-15-18/h11-16H,1-10H3;1-15H,23H3. The first-order valence-corrected chi connectivity index (χ1v) is 27.8. The molecule has 0 unspecified atom stereocenters. The van der Waals surface area contributed by atoms with E-state index in [-0.39, 0.29) is 13.8 Å². The van der Waals surface area contributed by atoms with Crippen LogP contribution in [0.25, 0.3) is 0 Å². The average molecular weight is 932 g/mol. The summed E-state index contributed by atoms with van der Waals surface area (Å²) in [7, 11) is 0. The van der Waals surface area contributed by atoms with Crippen LogP contribution in [0.4, 0.5) is 0 Å². The van der Waals surface area contributed by atoms with Gasteiger partial charge in [-0.05, 0) is 0 Å². The Bertz CT molecular complexity index is 2340. The molecule has 0 amide bonds. The summed E-state index contributed by atoms with van der Waals surface area (Å²) in [6, 6.07) is 37.5. The van der Waals surface area contributed by atoms with Gasteiger partial charge in [0.05, 0.1) is 0 Å². The van der Waals surface area contributed by atoms with Crippen molar-refractivity contribution in [2.24, 2.45) is 0 Å². The van der Waals surface area contributed by atoms with Gasteiger partial charge in [0, 0.05) is 0 Å². The van der Waals surface area contributed by atoms with Gasteiger partial charge in [0.1, 0.15) is 0 Å². The quantitative estimate of drug-likeness (QED) is 0.0688. The molecular weight excluding hydrogens is 878 g/mol. The third-order valence-electron chi connectivity index (χ3n) is 11.5. The predicted molar refractivity (Wildman–Crippen MR) is 252 cm³/mol. The van der Waals surface area contributed by atoms with Crippen molar-refractivity contribution in [2.45, 2.75) is 72.3 Å². The first-order valence-electron chi connectivity index (χ1n) is 20.4. The molecule has 310 valence electrons. The summed E-state index contributed by atoms with van der Waals surface area (Å²) in [5.41, 5.74) is 10.8. The van der Waals surface area contributed by atoms with Gasteiger partial charge < -0.3 is 0 Å². The van der Waals surface area contributed by atoms with Crippen molar-refractivity contribution in [3.63, 3.8) is 0 Å². The second kappa shape index (κ2) is 19.0. The van der Waals surface area contributed by atoms with E-state index in [0.717, 1.165) is 50.1 Å². The Morgan fingerprint density at radius 1 is 0.377 bits per heavy atom. The predicted octanol–water partition coefficient (Wildman–Crippen LogP) is 10.3. The van der Waals surface area contributed by atoms with Crippen LogP contribution in [0, 0.1) is 62.3 Å². The molecule has 0 aliphatic heterocycles. The fourth-order valence-electron chi connectivity index (χ4n) is 8.62. The first kappa shape index (κ1) is 46.5. The zero-order valence-corrected chi connectivity index (χ0v) is 43.4. The van der Waals surface area contributed by atoms with E-state index in [4.69, 9.17) is 0 Å². The fourth-order valence-corrected chi connectivity index (χ4v) is 17.4. The number of carbonyl (C=O) groups is 6. The Kier molecular flexibility index (Phi) is 14.5. The number of hydrogen-bond acceptors (Lipinski definition) is 6. The summed E-state index contributed by atoms with van der Waals surface area (Å²) in [5.74, 6) is 0.464. The van der Waals surface area contributed by atoms with Crippen molar-refractivity contribution in [1.82, 2.24) is 0 Å². The minimum atomic E-state index is -4.65. The molecule has 0 N–H and O–H groups in total. The van der Waals surface area contributed by atoms with Crippen LogP contribution < -0.4 is 0 Å². The van der Waals surface area contributed by atoms with E-state index < -0.39 is 51.4 Å². The summed E-state index contributed by atoms with van der Waals surface area (Å²) >= 11 is -5.05. The van der Waals surface area contributed by atoms with Crippen LogP contribution in [-0.2, 0) is 0 Å². The molecular formula is C53H54Ge2O6. The molecule has 0 aliphatic carbocycles. The molecule has 0 aliphatic rings. The SMILES string of the molecule is Cc1cc(C)c([C](=O)[Ge]([CH3])([C](=O)c2c(C)cc(C)cc2C)[C](=O)c2c(C)cc(C)cc2C)c(C)c1.O=C(c1ccccc1)[C]([GeH3])(C(=O)c1ccccc1)C(=O)c1ccccc1. The van der Waals surface area contributed by atoms with Crippen molar-refractivity contribution in [2.75, 3.05) is 0 Å². The summed E-state index contributed by atoms with van der Waals surface area (Å²) < 4.78 is -2.41. The molecule has 61 heavy (non-hydrogen) atoms. The summed E-state index contributed by atoms with van der Waals surface area (Å²) in [6.45, 7) is 17.4.